The van der Waals surface area contributed by atoms with Crippen molar-refractivity contribution < 1.29 is 5.11 Å². The second kappa shape index (κ2) is 6.84. The smallest absolute Gasteiger partial charge is 0.122 e. The standard InChI is InChI=1S/C23H31N3O/c1-22(16-25(3)17-22)23(27,18-9-11-20(24-2)12-10-18)19-7-6-8-21(15-19)26-13-4-5-14-26/h6-12,15,24,27H,4-5,13-14,16-17H2,1-3H3. The maximum Gasteiger partial charge on any atom is 0.122 e. The molecule has 2 aliphatic rings. The molecule has 2 N–H and O–H groups in total. The maximum atomic E-state index is 12.2. The van der Waals surface area contributed by atoms with Gasteiger partial charge in [-0.3, -0.25) is 0 Å². The van der Waals surface area contributed by atoms with Gasteiger partial charge in [-0.05, 0) is 55.3 Å². The molecule has 2 aromatic rings. The first-order valence-electron chi connectivity index (χ1n) is 10.0. The second-order valence-corrected chi connectivity index (χ2v) is 8.52. The molecule has 0 bridgehead atoms. The molecule has 1 unspecified atom stereocenters. The lowest BCUT2D eigenvalue weighted by molar-refractivity contribution is -0.127. The van der Waals surface area contributed by atoms with Gasteiger partial charge in [-0.2, -0.15) is 0 Å². The van der Waals surface area contributed by atoms with E-state index in [0.717, 1.165) is 43.0 Å². The van der Waals surface area contributed by atoms with Crippen LogP contribution in [0.5, 0.6) is 0 Å². The molecule has 0 radical (unpaired) electrons. The number of aliphatic hydroxyl groups is 1. The van der Waals surface area contributed by atoms with Crippen molar-refractivity contribution in [3.05, 3.63) is 59.7 Å². The molecule has 0 amide bonds. The summed E-state index contributed by atoms with van der Waals surface area (Å²) >= 11 is 0. The first kappa shape index (κ1) is 18.3. The van der Waals surface area contributed by atoms with Crippen molar-refractivity contribution in [2.45, 2.75) is 25.4 Å². The Morgan fingerprint density at radius 3 is 2.26 bits per heavy atom. The van der Waals surface area contributed by atoms with Gasteiger partial charge < -0.3 is 20.2 Å². The predicted molar refractivity (Wildman–Crippen MR) is 112 cm³/mol. The van der Waals surface area contributed by atoms with Crippen LogP contribution >= 0.6 is 0 Å². The Labute approximate surface area is 162 Å². The SMILES string of the molecule is CNc1ccc(C(O)(c2cccc(N3CCCC3)c2)C2(C)CN(C)C2)cc1. The molecule has 0 aliphatic carbocycles. The van der Waals surface area contributed by atoms with Gasteiger partial charge in [0.25, 0.3) is 0 Å². The molecular formula is C23H31N3O. The summed E-state index contributed by atoms with van der Waals surface area (Å²) in [6, 6.07) is 16.8. The molecular weight excluding hydrogens is 334 g/mol. The predicted octanol–water partition coefficient (Wildman–Crippen LogP) is 3.52. The zero-order valence-electron chi connectivity index (χ0n) is 16.7. The van der Waals surface area contributed by atoms with Crippen LogP contribution < -0.4 is 10.2 Å². The molecule has 0 spiro atoms. The van der Waals surface area contributed by atoms with Gasteiger partial charge in [0.15, 0.2) is 0 Å². The molecule has 2 heterocycles. The minimum absolute atomic E-state index is 0.216. The highest BCUT2D eigenvalue weighted by Crippen LogP contribution is 2.50. The van der Waals surface area contributed by atoms with Crippen molar-refractivity contribution in [2.75, 3.05) is 50.5 Å². The summed E-state index contributed by atoms with van der Waals surface area (Å²) in [4.78, 5) is 4.71. The van der Waals surface area contributed by atoms with Crippen molar-refractivity contribution in [3.63, 3.8) is 0 Å². The van der Waals surface area contributed by atoms with Crippen LogP contribution in [0.25, 0.3) is 0 Å². The zero-order chi connectivity index (χ0) is 19.1. The van der Waals surface area contributed by atoms with Gasteiger partial charge in [-0.1, -0.05) is 31.2 Å². The summed E-state index contributed by atoms with van der Waals surface area (Å²) < 4.78 is 0. The van der Waals surface area contributed by atoms with Crippen molar-refractivity contribution in [2.24, 2.45) is 5.41 Å². The Morgan fingerprint density at radius 1 is 1.00 bits per heavy atom. The third-order valence-electron chi connectivity index (χ3n) is 6.44. The minimum atomic E-state index is -1.01. The van der Waals surface area contributed by atoms with Gasteiger partial charge >= 0.3 is 0 Å². The summed E-state index contributed by atoms with van der Waals surface area (Å²) in [5.74, 6) is 0. The van der Waals surface area contributed by atoms with Crippen LogP contribution in [0.3, 0.4) is 0 Å². The van der Waals surface area contributed by atoms with Gasteiger partial charge in [-0.15, -0.1) is 0 Å². The first-order chi connectivity index (χ1) is 13.0. The van der Waals surface area contributed by atoms with E-state index in [2.05, 4.69) is 77.6 Å². The summed E-state index contributed by atoms with van der Waals surface area (Å²) in [7, 11) is 4.04. The van der Waals surface area contributed by atoms with Gasteiger partial charge in [0.05, 0.1) is 0 Å². The van der Waals surface area contributed by atoms with E-state index in [1.807, 2.05) is 7.05 Å². The average Bonchev–Trinajstić information content (AvgIpc) is 3.21. The van der Waals surface area contributed by atoms with Gasteiger partial charge in [0, 0.05) is 50.0 Å². The highest BCUT2D eigenvalue weighted by atomic mass is 16.3. The molecule has 1 atom stereocenters. The fourth-order valence-electron chi connectivity index (χ4n) is 5.02. The van der Waals surface area contributed by atoms with Crippen molar-refractivity contribution in [1.82, 2.24) is 4.90 Å². The topological polar surface area (TPSA) is 38.7 Å². The molecule has 4 heteroatoms. The van der Waals surface area contributed by atoms with E-state index in [0.29, 0.717) is 0 Å². The van der Waals surface area contributed by atoms with Crippen molar-refractivity contribution in [1.29, 1.82) is 0 Å². The van der Waals surface area contributed by atoms with E-state index >= 15 is 0 Å². The molecule has 2 aromatic carbocycles. The maximum absolute atomic E-state index is 12.2. The monoisotopic (exact) mass is 365 g/mol. The summed E-state index contributed by atoms with van der Waals surface area (Å²) in [5, 5.41) is 15.4. The lowest BCUT2D eigenvalue weighted by Crippen LogP contribution is -2.63. The van der Waals surface area contributed by atoms with E-state index in [1.54, 1.807) is 0 Å². The first-order valence-corrected chi connectivity index (χ1v) is 10.0. The number of benzene rings is 2. The Balaban J connectivity index is 1.79. The normalized spacial score (nSPS) is 21.6. The van der Waals surface area contributed by atoms with E-state index < -0.39 is 5.60 Å². The number of hydrogen-bond acceptors (Lipinski definition) is 4. The Morgan fingerprint density at radius 2 is 1.67 bits per heavy atom. The fourth-order valence-corrected chi connectivity index (χ4v) is 5.02. The molecule has 2 saturated heterocycles. The molecule has 4 rings (SSSR count). The van der Waals surface area contributed by atoms with Crippen molar-refractivity contribution in [3.8, 4) is 0 Å². The number of nitrogens with one attached hydrogen (secondary N) is 1. The van der Waals surface area contributed by atoms with Crippen molar-refractivity contribution >= 4 is 11.4 Å². The van der Waals surface area contributed by atoms with Crippen LogP contribution in [0.2, 0.25) is 0 Å². The molecule has 0 saturated carbocycles. The zero-order valence-corrected chi connectivity index (χ0v) is 16.7. The number of hydrogen-bond donors (Lipinski definition) is 2. The molecule has 2 fully saturated rings. The van der Waals surface area contributed by atoms with E-state index in [4.69, 9.17) is 0 Å². The third kappa shape index (κ3) is 3.01. The van der Waals surface area contributed by atoms with Crippen LogP contribution in [0, 0.1) is 5.41 Å². The Bertz CT molecular complexity index is 792. The summed E-state index contributed by atoms with van der Waals surface area (Å²) in [6.45, 7) is 6.19. The molecule has 4 nitrogen and oxygen atoms in total. The van der Waals surface area contributed by atoms with E-state index in [-0.39, 0.29) is 5.41 Å². The number of rotatable bonds is 5. The van der Waals surface area contributed by atoms with Crippen LogP contribution in [0.15, 0.2) is 48.5 Å². The molecule has 0 aromatic heterocycles. The highest BCUT2D eigenvalue weighted by Gasteiger charge is 2.55. The minimum Gasteiger partial charge on any atom is -0.388 e. The number of anilines is 2. The summed E-state index contributed by atoms with van der Waals surface area (Å²) in [5.41, 5.74) is 3.03. The van der Waals surface area contributed by atoms with Crippen LogP contribution in [0.1, 0.15) is 30.9 Å². The lowest BCUT2D eigenvalue weighted by Gasteiger charge is -2.56. The third-order valence-corrected chi connectivity index (χ3v) is 6.44. The second-order valence-electron chi connectivity index (χ2n) is 8.52. The average molecular weight is 366 g/mol. The Kier molecular flexibility index (Phi) is 4.65. The van der Waals surface area contributed by atoms with Crippen LogP contribution in [-0.4, -0.2) is 50.3 Å². The quantitative estimate of drug-likeness (QED) is 0.850. The van der Waals surface area contributed by atoms with Crippen LogP contribution in [0.4, 0.5) is 11.4 Å². The molecule has 144 valence electrons. The molecule has 2 aliphatic heterocycles. The van der Waals surface area contributed by atoms with Gasteiger partial charge in [0.2, 0.25) is 0 Å². The van der Waals surface area contributed by atoms with Gasteiger partial charge in [-0.25, -0.2) is 0 Å². The summed E-state index contributed by atoms with van der Waals surface area (Å²) in [6.07, 6.45) is 2.50. The fraction of sp³-hybridized carbons (Fsp3) is 0.478. The number of likely N-dealkylation sites (tertiary alicyclic amines) is 1. The van der Waals surface area contributed by atoms with Crippen LogP contribution in [-0.2, 0) is 5.60 Å². The molecule has 27 heavy (non-hydrogen) atoms. The lowest BCUT2D eigenvalue weighted by atomic mass is 9.62. The largest absolute Gasteiger partial charge is 0.388 e. The van der Waals surface area contributed by atoms with E-state index in [1.165, 1.54) is 18.5 Å². The number of nitrogens with zero attached hydrogens (tertiary/aromatic N) is 2. The Hall–Kier alpha value is -2.04. The van der Waals surface area contributed by atoms with Gasteiger partial charge in [0.1, 0.15) is 5.60 Å². The highest BCUT2D eigenvalue weighted by molar-refractivity contribution is 5.54. The van der Waals surface area contributed by atoms with E-state index in [9.17, 15) is 5.11 Å².